The SMILES string of the molecule is CC(Sc1nnc(NCC(F)(F)F)s1)C(=O)c1ccc(F)cc1F. The van der Waals surface area contributed by atoms with Gasteiger partial charge in [-0.15, -0.1) is 10.2 Å². The number of nitrogens with zero attached hydrogens (tertiary/aromatic N) is 2. The molecule has 0 radical (unpaired) electrons. The zero-order valence-corrected chi connectivity index (χ0v) is 13.7. The van der Waals surface area contributed by atoms with Crippen molar-refractivity contribution >= 4 is 34.0 Å². The molecular formula is C13H10F5N3OS2. The highest BCUT2D eigenvalue weighted by Crippen LogP contribution is 2.31. The molecular weight excluding hydrogens is 373 g/mol. The Morgan fingerprint density at radius 2 is 2.04 bits per heavy atom. The molecule has 0 amide bonds. The maximum absolute atomic E-state index is 13.6. The Bertz CT molecular complexity index is 735. The fourth-order valence-electron chi connectivity index (χ4n) is 1.62. The highest BCUT2D eigenvalue weighted by Gasteiger charge is 2.27. The van der Waals surface area contributed by atoms with Gasteiger partial charge in [-0.1, -0.05) is 23.1 Å². The van der Waals surface area contributed by atoms with E-state index in [-0.39, 0.29) is 15.0 Å². The van der Waals surface area contributed by atoms with E-state index in [9.17, 15) is 26.7 Å². The highest BCUT2D eigenvalue weighted by molar-refractivity contribution is 8.02. The number of ketones is 1. The molecule has 1 N–H and O–H groups in total. The number of benzene rings is 1. The summed E-state index contributed by atoms with van der Waals surface area (Å²) in [6, 6.07) is 2.62. The normalized spacial score (nSPS) is 12.9. The quantitative estimate of drug-likeness (QED) is 0.461. The molecule has 0 bridgehead atoms. The molecule has 0 aliphatic rings. The monoisotopic (exact) mass is 383 g/mol. The minimum Gasteiger partial charge on any atom is -0.351 e. The first-order valence-electron chi connectivity index (χ1n) is 6.46. The number of rotatable bonds is 6. The molecule has 1 atom stereocenters. The molecule has 0 aliphatic carbocycles. The molecule has 1 unspecified atom stereocenters. The number of carbonyl (C=O) groups is 1. The van der Waals surface area contributed by atoms with Crippen molar-refractivity contribution in [2.45, 2.75) is 22.7 Å². The smallest absolute Gasteiger partial charge is 0.351 e. The maximum atomic E-state index is 13.6. The molecule has 1 aromatic carbocycles. The Morgan fingerprint density at radius 3 is 2.67 bits per heavy atom. The van der Waals surface area contributed by atoms with Crippen LogP contribution in [0, 0.1) is 11.6 Å². The molecule has 1 heterocycles. The third-order valence-electron chi connectivity index (χ3n) is 2.69. The zero-order valence-electron chi connectivity index (χ0n) is 12.0. The van der Waals surface area contributed by atoms with Crippen LogP contribution in [-0.2, 0) is 0 Å². The summed E-state index contributed by atoms with van der Waals surface area (Å²) < 4.78 is 63.0. The van der Waals surface area contributed by atoms with E-state index in [0.717, 1.165) is 35.2 Å². The summed E-state index contributed by atoms with van der Waals surface area (Å²) in [6.07, 6.45) is -4.39. The van der Waals surface area contributed by atoms with Gasteiger partial charge in [-0.05, 0) is 19.1 Å². The van der Waals surface area contributed by atoms with E-state index < -0.39 is 35.4 Å². The lowest BCUT2D eigenvalue weighted by Gasteiger charge is -2.08. The number of alkyl halides is 3. The summed E-state index contributed by atoms with van der Waals surface area (Å²) in [5, 5.41) is 8.47. The second kappa shape index (κ2) is 7.43. The molecule has 1 aromatic heterocycles. The number of anilines is 1. The summed E-state index contributed by atoms with van der Waals surface area (Å²) in [5.41, 5.74) is -0.267. The minimum atomic E-state index is -4.39. The molecule has 0 saturated carbocycles. The Morgan fingerprint density at radius 1 is 1.33 bits per heavy atom. The topological polar surface area (TPSA) is 54.9 Å². The molecule has 0 aliphatic heterocycles. The largest absolute Gasteiger partial charge is 0.405 e. The summed E-state index contributed by atoms with van der Waals surface area (Å²) in [6.45, 7) is 0.238. The Balaban J connectivity index is 2.00. The van der Waals surface area contributed by atoms with Crippen LogP contribution in [0.25, 0.3) is 0 Å². The molecule has 0 saturated heterocycles. The Kier molecular flexibility index (Phi) is 5.75. The molecule has 2 aromatic rings. The Labute approximate surface area is 141 Å². The second-order valence-electron chi connectivity index (χ2n) is 4.59. The molecule has 0 fully saturated rings. The van der Waals surface area contributed by atoms with Crippen LogP contribution in [0.2, 0.25) is 0 Å². The van der Waals surface area contributed by atoms with E-state index in [2.05, 4.69) is 15.5 Å². The third kappa shape index (κ3) is 5.13. The summed E-state index contributed by atoms with van der Waals surface area (Å²) in [5.74, 6) is -2.36. The number of nitrogens with one attached hydrogen (secondary N) is 1. The van der Waals surface area contributed by atoms with Crippen LogP contribution >= 0.6 is 23.1 Å². The fourth-order valence-corrected chi connectivity index (χ4v) is 3.58. The summed E-state index contributed by atoms with van der Waals surface area (Å²) in [7, 11) is 0. The molecule has 24 heavy (non-hydrogen) atoms. The highest BCUT2D eigenvalue weighted by atomic mass is 32.2. The van der Waals surface area contributed by atoms with Crippen molar-refractivity contribution in [1.82, 2.24) is 10.2 Å². The van der Waals surface area contributed by atoms with Crippen molar-refractivity contribution < 1.29 is 26.7 Å². The van der Waals surface area contributed by atoms with E-state index in [1.807, 2.05) is 0 Å². The average Bonchev–Trinajstić information content (AvgIpc) is 2.91. The lowest BCUT2D eigenvalue weighted by Crippen LogP contribution is -2.21. The Hall–Kier alpha value is -1.75. The second-order valence-corrected chi connectivity index (χ2v) is 7.16. The van der Waals surface area contributed by atoms with E-state index in [1.165, 1.54) is 6.92 Å². The summed E-state index contributed by atoms with van der Waals surface area (Å²) in [4.78, 5) is 12.2. The van der Waals surface area contributed by atoms with E-state index >= 15 is 0 Å². The molecule has 11 heteroatoms. The van der Waals surface area contributed by atoms with E-state index in [1.54, 1.807) is 0 Å². The van der Waals surface area contributed by atoms with Crippen molar-refractivity contribution in [2.24, 2.45) is 0 Å². The van der Waals surface area contributed by atoms with Gasteiger partial charge in [0.1, 0.15) is 18.2 Å². The number of hydrogen-bond donors (Lipinski definition) is 1. The van der Waals surface area contributed by atoms with Gasteiger partial charge in [0.05, 0.1) is 10.8 Å². The van der Waals surface area contributed by atoms with Gasteiger partial charge in [-0.25, -0.2) is 8.78 Å². The minimum absolute atomic E-state index is 0.0394. The maximum Gasteiger partial charge on any atom is 0.405 e. The predicted molar refractivity (Wildman–Crippen MR) is 80.5 cm³/mol. The standard InChI is InChI=1S/C13H10F5N3OS2/c1-6(10(22)8-3-2-7(14)4-9(8)15)23-12-21-20-11(24-12)19-5-13(16,17)18/h2-4,6H,5H2,1H3,(H,19,20). The number of halogens is 5. The lowest BCUT2D eigenvalue weighted by molar-refractivity contribution is -0.115. The van der Waals surface area contributed by atoms with E-state index in [0.29, 0.717) is 6.07 Å². The van der Waals surface area contributed by atoms with Crippen LogP contribution < -0.4 is 5.32 Å². The first kappa shape index (κ1) is 18.6. The number of hydrogen-bond acceptors (Lipinski definition) is 6. The van der Waals surface area contributed by atoms with Crippen LogP contribution in [0.4, 0.5) is 27.1 Å². The van der Waals surface area contributed by atoms with Crippen molar-refractivity contribution in [3.8, 4) is 0 Å². The van der Waals surface area contributed by atoms with Crippen LogP contribution in [0.5, 0.6) is 0 Å². The van der Waals surface area contributed by atoms with Gasteiger partial charge in [0, 0.05) is 6.07 Å². The van der Waals surface area contributed by atoms with Gasteiger partial charge in [-0.2, -0.15) is 13.2 Å². The van der Waals surface area contributed by atoms with Crippen LogP contribution in [0.1, 0.15) is 17.3 Å². The number of thioether (sulfide) groups is 1. The first-order chi connectivity index (χ1) is 11.2. The zero-order chi connectivity index (χ0) is 17.9. The van der Waals surface area contributed by atoms with Crippen LogP contribution in [-0.4, -0.2) is 34.0 Å². The van der Waals surface area contributed by atoms with Gasteiger partial charge < -0.3 is 5.32 Å². The van der Waals surface area contributed by atoms with Gasteiger partial charge >= 0.3 is 6.18 Å². The summed E-state index contributed by atoms with van der Waals surface area (Å²) >= 11 is 1.77. The van der Waals surface area contributed by atoms with Crippen molar-refractivity contribution in [3.05, 3.63) is 35.4 Å². The molecule has 2 rings (SSSR count). The van der Waals surface area contributed by atoms with Crippen molar-refractivity contribution in [2.75, 3.05) is 11.9 Å². The predicted octanol–water partition coefficient (Wildman–Crippen LogP) is 4.15. The van der Waals surface area contributed by atoms with Gasteiger partial charge in [0.15, 0.2) is 10.1 Å². The number of aromatic nitrogens is 2. The molecule has 4 nitrogen and oxygen atoms in total. The third-order valence-corrected chi connectivity index (χ3v) is 4.76. The van der Waals surface area contributed by atoms with E-state index in [4.69, 9.17) is 0 Å². The van der Waals surface area contributed by atoms with Gasteiger partial charge in [0.25, 0.3) is 0 Å². The van der Waals surface area contributed by atoms with Gasteiger partial charge in [-0.3, -0.25) is 4.79 Å². The van der Waals surface area contributed by atoms with Crippen LogP contribution in [0.3, 0.4) is 0 Å². The molecule has 0 spiro atoms. The fraction of sp³-hybridized carbons (Fsp3) is 0.308. The van der Waals surface area contributed by atoms with Crippen molar-refractivity contribution in [3.63, 3.8) is 0 Å². The average molecular weight is 383 g/mol. The molecule has 130 valence electrons. The number of Topliss-reactive ketones (excluding diaryl/α,β-unsaturated/α-hetero) is 1. The first-order valence-corrected chi connectivity index (χ1v) is 8.15. The lowest BCUT2D eigenvalue weighted by atomic mass is 10.1. The number of carbonyl (C=O) groups excluding carboxylic acids is 1. The van der Waals surface area contributed by atoms with Gasteiger partial charge in [0.2, 0.25) is 5.13 Å². The van der Waals surface area contributed by atoms with Crippen molar-refractivity contribution in [1.29, 1.82) is 0 Å². The van der Waals surface area contributed by atoms with Crippen LogP contribution in [0.15, 0.2) is 22.5 Å².